The summed E-state index contributed by atoms with van der Waals surface area (Å²) in [4.78, 5) is 0. The quantitative estimate of drug-likeness (QED) is 0.0546. The summed E-state index contributed by atoms with van der Waals surface area (Å²) in [5.41, 5.74) is 5.58. The predicted molar refractivity (Wildman–Crippen MR) is 215 cm³/mol. The molecule has 0 unspecified atom stereocenters. The van der Waals surface area contributed by atoms with Crippen molar-refractivity contribution in [3.05, 3.63) is 59.7 Å². The molecule has 0 saturated heterocycles. The van der Waals surface area contributed by atoms with Crippen molar-refractivity contribution in [2.75, 3.05) is 41.3 Å². The lowest BCUT2D eigenvalue weighted by molar-refractivity contribution is -0.903. The van der Waals surface area contributed by atoms with Gasteiger partial charge in [-0.3, -0.25) is 0 Å². The molecule has 0 aromatic heterocycles. The highest BCUT2D eigenvalue weighted by Crippen LogP contribution is 2.23. The monoisotopic (exact) mass is 733 g/mol. The molecule has 0 radical (unpaired) electrons. The molecular formula is C46H82Cl2N2. The number of benzene rings is 2. The Labute approximate surface area is 325 Å². The van der Waals surface area contributed by atoms with E-state index in [0.29, 0.717) is 0 Å². The highest BCUT2D eigenvalue weighted by Gasteiger charge is 2.17. The molecule has 0 bridgehead atoms. The Morgan fingerprint density at radius 2 is 0.540 bits per heavy atom. The molecule has 0 amide bonds. The lowest BCUT2D eigenvalue weighted by Gasteiger charge is -2.30. The van der Waals surface area contributed by atoms with Crippen LogP contribution in [0.4, 0.5) is 0 Å². The van der Waals surface area contributed by atoms with Gasteiger partial charge in [-0.25, -0.2) is 0 Å². The molecule has 0 fully saturated rings. The predicted octanol–water partition coefficient (Wildman–Crippen LogP) is 7.92. The van der Waals surface area contributed by atoms with Crippen LogP contribution in [0.3, 0.4) is 0 Å². The number of quaternary nitrogens is 2. The maximum absolute atomic E-state index is 2.41. The van der Waals surface area contributed by atoms with E-state index in [1.54, 1.807) is 0 Å². The maximum Gasteiger partial charge on any atom is 0.104 e. The van der Waals surface area contributed by atoms with Crippen molar-refractivity contribution in [1.82, 2.24) is 0 Å². The maximum atomic E-state index is 2.41. The molecule has 0 aliphatic heterocycles. The second-order valence-corrected chi connectivity index (χ2v) is 16.8. The van der Waals surface area contributed by atoms with Crippen LogP contribution in [0.1, 0.15) is 179 Å². The summed E-state index contributed by atoms with van der Waals surface area (Å²) in [6, 6.07) is 18.8. The molecule has 0 aliphatic carbocycles. The molecule has 2 aromatic rings. The van der Waals surface area contributed by atoms with E-state index in [2.05, 4.69) is 90.6 Å². The van der Waals surface area contributed by atoms with E-state index in [0.717, 1.165) is 22.1 Å². The highest BCUT2D eigenvalue weighted by molar-refractivity contribution is 5.63. The van der Waals surface area contributed by atoms with Crippen molar-refractivity contribution in [1.29, 1.82) is 0 Å². The Morgan fingerprint density at radius 3 is 0.780 bits per heavy atom. The van der Waals surface area contributed by atoms with E-state index in [1.165, 1.54) is 189 Å². The van der Waals surface area contributed by atoms with Gasteiger partial charge in [0.15, 0.2) is 0 Å². The second kappa shape index (κ2) is 30.4. The van der Waals surface area contributed by atoms with Crippen molar-refractivity contribution in [3.8, 4) is 11.1 Å². The van der Waals surface area contributed by atoms with Crippen LogP contribution in [-0.4, -0.2) is 50.2 Å². The van der Waals surface area contributed by atoms with Gasteiger partial charge < -0.3 is 33.8 Å². The third-order valence-corrected chi connectivity index (χ3v) is 10.7. The summed E-state index contributed by atoms with van der Waals surface area (Å²) >= 11 is 0. The fourth-order valence-corrected chi connectivity index (χ4v) is 7.51. The van der Waals surface area contributed by atoms with E-state index in [-0.39, 0.29) is 24.8 Å². The largest absolute Gasteiger partial charge is 1.00 e. The van der Waals surface area contributed by atoms with E-state index < -0.39 is 0 Å². The standard InChI is InChI=1S/C46H82N2.2ClH/c1-7-9-11-13-15-17-19-21-23-25-27-29-39-47(3,4)41-43-31-35-45(36-32-43)46-37-33-44(34-38-46)42-48(5,6)40-30-28-26-24-22-20-18-16-14-12-10-8-2;;/h31-38H,7-30,39-42H2,1-6H3;2*1H/q+2;;/p-2. The summed E-state index contributed by atoms with van der Waals surface area (Å²) in [6.07, 6.45) is 34.1. The number of hydrogen-bond donors (Lipinski definition) is 0. The van der Waals surface area contributed by atoms with Crippen LogP contribution < -0.4 is 24.8 Å². The molecule has 0 saturated carbocycles. The van der Waals surface area contributed by atoms with Crippen molar-refractivity contribution >= 4 is 0 Å². The van der Waals surface area contributed by atoms with Gasteiger partial charge in [0.2, 0.25) is 0 Å². The Bertz CT molecular complexity index is 932. The van der Waals surface area contributed by atoms with E-state index >= 15 is 0 Å². The van der Waals surface area contributed by atoms with Crippen molar-refractivity contribution < 1.29 is 33.8 Å². The van der Waals surface area contributed by atoms with Gasteiger partial charge in [0.25, 0.3) is 0 Å². The number of nitrogens with zero attached hydrogens (tertiary/aromatic N) is 2. The van der Waals surface area contributed by atoms with Crippen LogP contribution in [0.5, 0.6) is 0 Å². The first-order valence-corrected chi connectivity index (χ1v) is 21.1. The van der Waals surface area contributed by atoms with Gasteiger partial charge in [-0.05, 0) is 36.8 Å². The van der Waals surface area contributed by atoms with E-state index in [9.17, 15) is 0 Å². The van der Waals surface area contributed by atoms with Crippen molar-refractivity contribution in [3.63, 3.8) is 0 Å². The van der Waals surface area contributed by atoms with Crippen LogP contribution in [0.2, 0.25) is 0 Å². The molecular weight excluding hydrogens is 651 g/mol. The minimum Gasteiger partial charge on any atom is -1.00 e. The van der Waals surface area contributed by atoms with Gasteiger partial charge in [-0.15, -0.1) is 0 Å². The zero-order valence-electron chi connectivity index (χ0n) is 34.1. The third-order valence-electron chi connectivity index (χ3n) is 10.7. The third kappa shape index (κ3) is 25.0. The van der Waals surface area contributed by atoms with Crippen LogP contribution in [0, 0.1) is 0 Å². The average molecular weight is 734 g/mol. The zero-order chi connectivity index (χ0) is 34.8. The molecule has 2 nitrogen and oxygen atoms in total. The fraction of sp³-hybridized carbons (Fsp3) is 0.739. The van der Waals surface area contributed by atoms with Crippen LogP contribution in [-0.2, 0) is 13.1 Å². The normalized spacial score (nSPS) is 11.7. The van der Waals surface area contributed by atoms with Gasteiger partial charge in [0.1, 0.15) is 13.1 Å². The lowest BCUT2D eigenvalue weighted by Crippen LogP contribution is -3.00. The molecule has 50 heavy (non-hydrogen) atoms. The molecule has 290 valence electrons. The van der Waals surface area contributed by atoms with E-state index in [4.69, 9.17) is 0 Å². The molecule has 0 atom stereocenters. The van der Waals surface area contributed by atoms with E-state index in [1.807, 2.05) is 0 Å². The first kappa shape index (κ1) is 48.9. The Balaban J connectivity index is 0.0000120. The minimum absolute atomic E-state index is 0. The molecule has 4 heteroatoms. The summed E-state index contributed by atoms with van der Waals surface area (Å²) < 4.78 is 2.16. The summed E-state index contributed by atoms with van der Waals surface area (Å²) in [5.74, 6) is 0. The van der Waals surface area contributed by atoms with Crippen LogP contribution >= 0.6 is 0 Å². The van der Waals surface area contributed by atoms with Crippen LogP contribution in [0.25, 0.3) is 11.1 Å². The molecule has 0 aliphatic rings. The molecule has 0 N–H and O–H groups in total. The van der Waals surface area contributed by atoms with Crippen molar-refractivity contribution in [2.45, 2.75) is 181 Å². The Morgan fingerprint density at radius 1 is 0.320 bits per heavy atom. The number of halogens is 2. The second-order valence-electron chi connectivity index (χ2n) is 16.8. The molecule has 2 aromatic carbocycles. The van der Waals surface area contributed by atoms with Crippen molar-refractivity contribution in [2.24, 2.45) is 0 Å². The van der Waals surface area contributed by atoms with Gasteiger partial charge in [0.05, 0.1) is 41.3 Å². The van der Waals surface area contributed by atoms with Gasteiger partial charge in [0, 0.05) is 11.1 Å². The first-order valence-electron chi connectivity index (χ1n) is 21.1. The summed E-state index contributed by atoms with van der Waals surface area (Å²) in [6.45, 7) is 9.38. The summed E-state index contributed by atoms with van der Waals surface area (Å²) in [5, 5.41) is 0. The van der Waals surface area contributed by atoms with Gasteiger partial charge in [-0.2, -0.15) is 0 Å². The zero-order valence-corrected chi connectivity index (χ0v) is 35.6. The lowest BCUT2D eigenvalue weighted by atomic mass is 10.0. The van der Waals surface area contributed by atoms with Gasteiger partial charge >= 0.3 is 0 Å². The number of hydrogen-bond acceptors (Lipinski definition) is 0. The average Bonchev–Trinajstić information content (AvgIpc) is 3.06. The summed E-state index contributed by atoms with van der Waals surface area (Å²) in [7, 11) is 9.62. The Hall–Kier alpha value is -1.06. The number of rotatable bonds is 31. The first-order chi connectivity index (χ1) is 23.2. The highest BCUT2D eigenvalue weighted by atomic mass is 35.5. The SMILES string of the molecule is CCCCCCCCCCCCCC[N+](C)(C)Cc1ccc(-c2ccc(C[N+](C)(C)CCCCCCCCCCCCCC)cc2)cc1.[Cl-].[Cl-]. The molecule has 2 rings (SSSR count). The van der Waals surface area contributed by atoms with Crippen LogP contribution in [0.15, 0.2) is 48.5 Å². The fourth-order valence-electron chi connectivity index (χ4n) is 7.51. The van der Waals surface area contributed by atoms with Gasteiger partial charge in [-0.1, -0.05) is 191 Å². The topological polar surface area (TPSA) is 0 Å². The Kier molecular flexibility index (Phi) is 29.8. The number of unbranched alkanes of at least 4 members (excludes halogenated alkanes) is 22. The molecule has 0 heterocycles. The smallest absolute Gasteiger partial charge is 0.104 e. The molecule has 0 spiro atoms. The minimum atomic E-state index is 0.